The van der Waals surface area contributed by atoms with Gasteiger partial charge in [0, 0.05) is 19.6 Å². The molecule has 22 heavy (non-hydrogen) atoms. The molecule has 0 heterocycles. The zero-order valence-corrected chi connectivity index (χ0v) is 14.8. The van der Waals surface area contributed by atoms with Crippen LogP contribution in [0.5, 0.6) is 0 Å². The van der Waals surface area contributed by atoms with E-state index in [-0.39, 0.29) is 6.10 Å². The first kappa shape index (κ1) is 17.5. The van der Waals surface area contributed by atoms with Gasteiger partial charge >= 0.3 is 0 Å². The third-order valence-corrected chi connectivity index (χ3v) is 4.44. The van der Waals surface area contributed by atoms with Gasteiger partial charge in [0.25, 0.3) is 0 Å². The third kappa shape index (κ3) is 5.10. The highest BCUT2D eigenvalue weighted by Gasteiger charge is 2.17. The number of aliphatic hydroxyl groups excluding tert-OH is 1. The van der Waals surface area contributed by atoms with Crippen molar-refractivity contribution in [2.24, 2.45) is 11.8 Å². The highest BCUT2D eigenvalue weighted by molar-refractivity contribution is 5.34. The molecule has 1 aromatic carbocycles. The number of nitrogens with zero attached hydrogens (tertiary/aromatic N) is 1. The minimum atomic E-state index is -0.371. The fraction of sp³-hybridized carbons (Fsp3) is 0.700. The van der Waals surface area contributed by atoms with Gasteiger partial charge in [-0.1, -0.05) is 45.9 Å². The standard InChI is InChI=1S/C20H33NO/c1-15(2)12-21(13-16(3)4)14-20(22)19-10-9-17-7-5-6-8-18(17)11-19/h9-11,15-16,20,22H,5-8,12-14H2,1-4H3. The minimum Gasteiger partial charge on any atom is -0.387 e. The van der Waals surface area contributed by atoms with Crippen molar-refractivity contribution < 1.29 is 5.11 Å². The first-order valence-corrected chi connectivity index (χ1v) is 8.97. The zero-order chi connectivity index (χ0) is 16.1. The van der Waals surface area contributed by atoms with E-state index in [0.717, 1.165) is 25.2 Å². The Morgan fingerprint density at radius 3 is 2.09 bits per heavy atom. The second-order valence-electron chi connectivity index (χ2n) is 7.76. The van der Waals surface area contributed by atoms with Gasteiger partial charge in [-0.05, 0) is 54.2 Å². The molecule has 0 saturated carbocycles. The van der Waals surface area contributed by atoms with Gasteiger partial charge in [0.2, 0.25) is 0 Å². The van der Waals surface area contributed by atoms with E-state index in [1.807, 2.05) is 0 Å². The SMILES string of the molecule is CC(C)CN(CC(C)C)CC(O)c1ccc2c(c1)CCCC2. The Labute approximate surface area is 136 Å². The summed E-state index contributed by atoms with van der Waals surface area (Å²) < 4.78 is 0. The molecule has 124 valence electrons. The van der Waals surface area contributed by atoms with Crippen LogP contribution in [0.3, 0.4) is 0 Å². The Kier molecular flexibility index (Phi) is 6.46. The fourth-order valence-corrected chi connectivity index (χ4v) is 3.57. The molecule has 2 nitrogen and oxygen atoms in total. The summed E-state index contributed by atoms with van der Waals surface area (Å²) in [5.41, 5.74) is 4.05. The Hall–Kier alpha value is -0.860. The summed E-state index contributed by atoms with van der Waals surface area (Å²) in [5.74, 6) is 1.27. The van der Waals surface area contributed by atoms with E-state index in [9.17, 15) is 5.11 Å². The van der Waals surface area contributed by atoms with E-state index < -0.39 is 0 Å². The molecular formula is C20H33NO. The molecule has 0 aliphatic heterocycles. The van der Waals surface area contributed by atoms with Crippen molar-refractivity contribution in [3.05, 3.63) is 34.9 Å². The van der Waals surface area contributed by atoms with Crippen molar-refractivity contribution in [3.63, 3.8) is 0 Å². The lowest BCUT2D eigenvalue weighted by Crippen LogP contribution is -2.35. The third-order valence-electron chi connectivity index (χ3n) is 4.44. The van der Waals surface area contributed by atoms with Crippen LogP contribution in [0.15, 0.2) is 18.2 Å². The molecule has 0 fully saturated rings. The summed E-state index contributed by atoms with van der Waals surface area (Å²) >= 11 is 0. The average molecular weight is 303 g/mol. The van der Waals surface area contributed by atoms with E-state index >= 15 is 0 Å². The van der Waals surface area contributed by atoms with Crippen molar-refractivity contribution in [1.82, 2.24) is 4.90 Å². The largest absolute Gasteiger partial charge is 0.387 e. The van der Waals surface area contributed by atoms with E-state index in [1.165, 1.54) is 36.8 Å². The van der Waals surface area contributed by atoms with Crippen molar-refractivity contribution >= 4 is 0 Å². The maximum atomic E-state index is 10.7. The number of fused-ring (bicyclic) bond motifs is 1. The summed E-state index contributed by atoms with van der Waals surface area (Å²) in [6.07, 6.45) is 4.62. The molecule has 0 bridgehead atoms. The van der Waals surface area contributed by atoms with E-state index in [0.29, 0.717) is 11.8 Å². The lowest BCUT2D eigenvalue weighted by atomic mass is 9.89. The molecule has 2 heteroatoms. The van der Waals surface area contributed by atoms with Crippen molar-refractivity contribution in [3.8, 4) is 0 Å². The number of hydrogen-bond acceptors (Lipinski definition) is 2. The molecule has 0 saturated heterocycles. The van der Waals surface area contributed by atoms with Crippen LogP contribution in [0.1, 0.15) is 63.3 Å². The topological polar surface area (TPSA) is 23.5 Å². The van der Waals surface area contributed by atoms with Gasteiger partial charge in [0.15, 0.2) is 0 Å². The molecule has 0 radical (unpaired) electrons. The lowest BCUT2D eigenvalue weighted by Gasteiger charge is -2.29. The molecule has 1 unspecified atom stereocenters. The molecule has 0 aromatic heterocycles. The van der Waals surface area contributed by atoms with Gasteiger partial charge in [0.05, 0.1) is 6.10 Å². The summed E-state index contributed by atoms with van der Waals surface area (Å²) in [4.78, 5) is 2.42. The minimum absolute atomic E-state index is 0.371. The zero-order valence-electron chi connectivity index (χ0n) is 14.8. The van der Waals surface area contributed by atoms with Gasteiger partial charge in [0.1, 0.15) is 0 Å². The molecule has 0 spiro atoms. The highest BCUT2D eigenvalue weighted by atomic mass is 16.3. The predicted octanol–water partition coefficient (Wildman–Crippen LogP) is 4.21. The molecule has 1 atom stereocenters. The van der Waals surface area contributed by atoms with E-state index in [2.05, 4.69) is 50.8 Å². The average Bonchev–Trinajstić information content (AvgIpc) is 2.45. The van der Waals surface area contributed by atoms with Gasteiger partial charge in [-0.2, -0.15) is 0 Å². The lowest BCUT2D eigenvalue weighted by molar-refractivity contribution is 0.0986. The molecular weight excluding hydrogens is 270 g/mol. The molecule has 1 aliphatic carbocycles. The van der Waals surface area contributed by atoms with Crippen LogP contribution in [0.4, 0.5) is 0 Å². The summed E-state index contributed by atoms with van der Waals surface area (Å²) in [5, 5.41) is 10.7. The number of hydrogen-bond donors (Lipinski definition) is 1. The first-order chi connectivity index (χ1) is 10.5. The van der Waals surface area contributed by atoms with Gasteiger partial charge < -0.3 is 5.11 Å². The summed E-state index contributed by atoms with van der Waals surface area (Å²) in [6.45, 7) is 11.9. The van der Waals surface area contributed by atoms with Crippen molar-refractivity contribution in [2.45, 2.75) is 59.5 Å². The second-order valence-corrected chi connectivity index (χ2v) is 7.76. The Morgan fingerprint density at radius 2 is 1.50 bits per heavy atom. The number of benzene rings is 1. The monoisotopic (exact) mass is 303 g/mol. The van der Waals surface area contributed by atoms with Gasteiger partial charge in [-0.25, -0.2) is 0 Å². The number of rotatable bonds is 7. The number of aryl methyl sites for hydroxylation is 2. The predicted molar refractivity (Wildman–Crippen MR) is 94.2 cm³/mol. The van der Waals surface area contributed by atoms with Crippen LogP contribution in [0.2, 0.25) is 0 Å². The van der Waals surface area contributed by atoms with Crippen LogP contribution in [-0.2, 0) is 12.8 Å². The van der Waals surface area contributed by atoms with Crippen LogP contribution >= 0.6 is 0 Å². The van der Waals surface area contributed by atoms with Crippen LogP contribution in [-0.4, -0.2) is 29.6 Å². The molecule has 0 amide bonds. The molecule has 1 aliphatic rings. The smallest absolute Gasteiger partial charge is 0.0917 e. The molecule has 1 N–H and O–H groups in total. The van der Waals surface area contributed by atoms with Crippen molar-refractivity contribution in [1.29, 1.82) is 0 Å². The van der Waals surface area contributed by atoms with Crippen molar-refractivity contribution in [2.75, 3.05) is 19.6 Å². The Morgan fingerprint density at radius 1 is 0.909 bits per heavy atom. The highest BCUT2D eigenvalue weighted by Crippen LogP contribution is 2.25. The van der Waals surface area contributed by atoms with Crippen LogP contribution in [0.25, 0.3) is 0 Å². The maximum absolute atomic E-state index is 10.7. The normalized spacial score (nSPS) is 16.4. The van der Waals surface area contributed by atoms with E-state index in [4.69, 9.17) is 0 Å². The number of aliphatic hydroxyl groups is 1. The van der Waals surface area contributed by atoms with E-state index in [1.54, 1.807) is 0 Å². The summed E-state index contributed by atoms with van der Waals surface area (Å²) in [6, 6.07) is 6.63. The molecule has 2 rings (SSSR count). The van der Waals surface area contributed by atoms with Gasteiger partial charge in [-0.3, -0.25) is 4.90 Å². The second kappa shape index (κ2) is 8.12. The molecule has 1 aromatic rings. The van der Waals surface area contributed by atoms with Crippen LogP contribution < -0.4 is 0 Å². The maximum Gasteiger partial charge on any atom is 0.0917 e. The van der Waals surface area contributed by atoms with Gasteiger partial charge in [-0.15, -0.1) is 0 Å². The Balaban J connectivity index is 2.04. The quantitative estimate of drug-likeness (QED) is 0.815. The Bertz CT molecular complexity index is 457. The summed E-state index contributed by atoms with van der Waals surface area (Å²) in [7, 11) is 0. The fourth-order valence-electron chi connectivity index (χ4n) is 3.57. The van der Waals surface area contributed by atoms with Crippen LogP contribution in [0, 0.1) is 11.8 Å². The first-order valence-electron chi connectivity index (χ1n) is 8.97.